The van der Waals surface area contributed by atoms with E-state index in [0.29, 0.717) is 5.92 Å². The van der Waals surface area contributed by atoms with Crippen molar-refractivity contribution in [3.8, 4) is 0 Å². The molecule has 0 aromatic heterocycles. The molecule has 1 unspecified atom stereocenters. The fraction of sp³-hybridized carbons (Fsp3) is 0.957. The Morgan fingerprint density at radius 1 is 0.720 bits per heavy atom. The molecule has 0 saturated carbocycles. The van der Waals surface area contributed by atoms with Crippen molar-refractivity contribution in [1.29, 1.82) is 0 Å². The van der Waals surface area contributed by atoms with Crippen LogP contribution in [0, 0.1) is 5.92 Å². The van der Waals surface area contributed by atoms with Crippen molar-refractivity contribution in [3.63, 3.8) is 0 Å². The maximum atomic E-state index is 5.62. The highest BCUT2D eigenvalue weighted by molar-refractivity contribution is 7.80. The zero-order valence-corrected chi connectivity index (χ0v) is 17.9. The maximum absolute atomic E-state index is 5.62. The zero-order valence-electron chi connectivity index (χ0n) is 17.0. The number of ether oxygens (including phenoxy) is 1. The highest BCUT2D eigenvalue weighted by Crippen LogP contribution is 2.23. The minimum Gasteiger partial charge on any atom is -0.487 e. The second-order valence-electron chi connectivity index (χ2n) is 8.10. The average molecular weight is 369 g/mol. The Bertz CT molecular complexity index is 302. The number of unbranched alkanes of at least 4 members (excludes halogenated alkanes) is 14. The third-order valence-electron chi connectivity index (χ3n) is 5.68. The molecule has 0 N–H and O–H groups in total. The van der Waals surface area contributed by atoms with Gasteiger partial charge in [0, 0.05) is 5.92 Å². The zero-order chi connectivity index (χ0) is 18.0. The van der Waals surface area contributed by atoms with Crippen molar-refractivity contribution < 1.29 is 4.74 Å². The van der Waals surface area contributed by atoms with E-state index >= 15 is 0 Å². The van der Waals surface area contributed by atoms with Crippen LogP contribution in [-0.4, -0.2) is 11.7 Å². The van der Waals surface area contributed by atoms with Gasteiger partial charge in [-0.15, -0.1) is 0 Å². The van der Waals surface area contributed by atoms with E-state index in [4.69, 9.17) is 17.0 Å². The lowest BCUT2D eigenvalue weighted by Gasteiger charge is -2.14. The Kier molecular flexibility index (Phi) is 15.9. The summed E-state index contributed by atoms with van der Waals surface area (Å²) < 4.78 is 5.62. The van der Waals surface area contributed by atoms with Gasteiger partial charge in [-0.1, -0.05) is 103 Å². The lowest BCUT2D eigenvalue weighted by atomic mass is 9.96. The highest BCUT2D eigenvalue weighted by atomic mass is 32.1. The normalized spacial score (nSPS) is 18.1. The monoisotopic (exact) mass is 368 g/mol. The van der Waals surface area contributed by atoms with E-state index in [1.807, 2.05) is 0 Å². The second-order valence-corrected chi connectivity index (χ2v) is 8.50. The van der Waals surface area contributed by atoms with Crippen LogP contribution in [0.2, 0.25) is 0 Å². The Hall–Kier alpha value is -0.110. The van der Waals surface area contributed by atoms with Gasteiger partial charge in [0.2, 0.25) is 0 Å². The first-order valence-corrected chi connectivity index (χ1v) is 11.9. The van der Waals surface area contributed by atoms with Crippen LogP contribution < -0.4 is 0 Å². The highest BCUT2D eigenvalue weighted by Gasteiger charge is 2.18. The first-order chi connectivity index (χ1) is 12.3. The summed E-state index contributed by atoms with van der Waals surface area (Å²) in [6.45, 7) is 3.15. The molecule has 1 saturated heterocycles. The van der Waals surface area contributed by atoms with Crippen LogP contribution >= 0.6 is 12.2 Å². The van der Waals surface area contributed by atoms with Gasteiger partial charge in [-0.2, -0.15) is 0 Å². The molecule has 0 amide bonds. The third-order valence-corrected chi connectivity index (χ3v) is 6.13. The summed E-state index contributed by atoms with van der Waals surface area (Å²) in [6.07, 6.45) is 26.5. The predicted molar refractivity (Wildman–Crippen MR) is 115 cm³/mol. The molecule has 1 heterocycles. The molecule has 1 nitrogen and oxygen atoms in total. The smallest absolute Gasteiger partial charge is 0.162 e. The maximum Gasteiger partial charge on any atom is 0.162 e. The number of thiocarbonyl (C=S) groups is 1. The van der Waals surface area contributed by atoms with Crippen LogP contribution in [0.25, 0.3) is 0 Å². The second kappa shape index (κ2) is 17.3. The Balaban J connectivity index is 1.76. The van der Waals surface area contributed by atoms with E-state index in [1.54, 1.807) is 0 Å². The Labute approximate surface area is 163 Å². The van der Waals surface area contributed by atoms with E-state index in [2.05, 4.69) is 6.92 Å². The van der Waals surface area contributed by atoms with Crippen molar-refractivity contribution in [2.24, 2.45) is 5.92 Å². The largest absolute Gasteiger partial charge is 0.487 e. The molecule has 1 rings (SSSR count). The van der Waals surface area contributed by atoms with Gasteiger partial charge in [-0.25, -0.2) is 0 Å². The van der Waals surface area contributed by atoms with Gasteiger partial charge in [0.15, 0.2) is 5.05 Å². The van der Waals surface area contributed by atoms with E-state index < -0.39 is 0 Å². The van der Waals surface area contributed by atoms with Crippen molar-refractivity contribution in [3.05, 3.63) is 0 Å². The molecular weight excluding hydrogens is 324 g/mol. The molecule has 1 aliphatic rings. The topological polar surface area (TPSA) is 9.23 Å². The van der Waals surface area contributed by atoms with E-state index in [0.717, 1.165) is 11.7 Å². The average Bonchev–Trinajstić information content (AvgIpc) is 2.83. The molecule has 0 radical (unpaired) electrons. The van der Waals surface area contributed by atoms with Gasteiger partial charge < -0.3 is 4.74 Å². The first kappa shape index (κ1) is 22.9. The minimum atomic E-state index is 0.569. The fourth-order valence-corrected chi connectivity index (χ4v) is 4.24. The fourth-order valence-electron chi connectivity index (χ4n) is 3.93. The van der Waals surface area contributed by atoms with Crippen LogP contribution in [0.4, 0.5) is 0 Å². The molecule has 0 aromatic carbocycles. The molecule has 1 atom stereocenters. The van der Waals surface area contributed by atoms with Crippen LogP contribution in [0.1, 0.15) is 129 Å². The molecule has 148 valence electrons. The van der Waals surface area contributed by atoms with Crippen LogP contribution in [0.15, 0.2) is 0 Å². The first-order valence-electron chi connectivity index (χ1n) is 11.5. The van der Waals surface area contributed by atoms with Crippen molar-refractivity contribution in [2.45, 2.75) is 129 Å². The van der Waals surface area contributed by atoms with Crippen molar-refractivity contribution >= 4 is 17.3 Å². The van der Waals surface area contributed by atoms with Crippen LogP contribution in [0.5, 0.6) is 0 Å². The van der Waals surface area contributed by atoms with Gasteiger partial charge in [0.1, 0.15) is 0 Å². The Morgan fingerprint density at radius 2 is 1.20 bits per heavy atom. The molecule has 0 bridgehead atoms. The van der Waals surface area contributed by atoms with Gasteiger partial charge in [0.05, 0.1) is 6.61 Å². The van der Waals surface area contributed by atoms with Gasteiger partial charge in [-0.05, 0) is 37.9 Å². The molecule has 2 heteroatoms. The molecule has 0 spiro atoms. The molecule has 25 heavy (non-hydrogen) atoms. The summed E-state index contributed by atoms with van der Waals surface area (Å²) in [5.74, 6) is 0.569. The summed E-state index contributed by atoms with van der Waals surface area (Å²) >= 11 is 5.40. The number of hydrogen-bond donors (Lipinski definition) is 0. The quantitative estimate of drug-likeness (QED) is 0.200. The number of rotatable bonds is 16. The van der Waals surface area contributed by atoms with E-state index in [-0.39, 0.29) is 0 Å². The van der Waals surface area contributed by atoms with Gasteiger partial charge in [0.25, 0.3) is 0 Å². The molecular formula is C23H44OS. The summed E-state index contributed by atoms with van der Waals surface area (Å²) in [5.41, 5.74) is 0. The summed E-state index contributed by atoms with van der Waals surface area (Å²) in [7, 11) is 0. The standard InChI is InChI=1S/C23H44OS/c1-2-3-4-5-6-7-8-9-10-11-12-13-14-15-16-19-22-20-17-18-21-24-23(22)25/h22H,2-21H2,1H3. The molecule has 1 fully saturated rings. The van der Waals surface area contributed by atoms with Crippen molar-refractivity contribution in [1.82, 2.24) is 0 Å². The lowest BCUT2D eigenvalue weighted by Crippen LogP contribution is -2.13. The number of hydrogen-bond acceptors (Lipinski definition) is 2. The van der Waals surface area contributed by atoms with Gasteiger partial charge in [-0.3, -0.25) is 0 Å². The molecule has 0 aliphatic carbocycles. The van der Waals surface area contributed by atoms with Gasteiger partial charge >= 0.3 is 0 Å². The SMILES string of the molecule is CCCCCCCCCCCCCCCCCC1CCCCOC1=S. The third kappa shape index (κ3) is 13.7. The predicted octanol–water partition coefficient (Wildman–Crippen LogP) is 8.39. The van der Waals surface area contributed by atoms with Crippen molar-refractivity contribution in [2.75, 3.05) is 6.61 Å². The summed E-state index contributed by atoms with van der Waals surface area (Å²) in [4.78, 5) is 0. The lowest BCUT2D eigenvalue weighted by molar-refractivity contribution is 0.301. The summed E-state index contributed by atoms with van der Waals surface area (Å²) in [5, 5.41) is 0.905. The van der Waals surface area contributed by atoms with E-state index in [9.17, 15) is 0 Å². The van der Waals surface area contributed by atoms with E-state index in [1.165, 1.54) is 122 Å². The van der Waals surface area contributed by atoms with Crippen LogP contribution in [0.3, 0.4) is 0 Å². The molecule has 1 aliphatic heterocycles. The Morgan fingerprint density at radius 3 is 1.72 bits per heavy atom. The minimum absolute atomic E-state index is 0.569. The summed E-state index contributed by atoms with van der Waals surface area (Å²) in [6, 6.07) is 0. The van der Waals surface area contributed by atoms with Crippen LogP contribution in [-0.2, 0) is 4.74 Å². The molecule has 0 aromatic rings.